The summed E-state index contributed by atoms with van der Waals surface area (Å²) in [5.41, 5.74) is 5.40. The highest BCUT2D eigenvalue weighted by Crippen LogP contribution is 2.34. The fraction of sp³-hybridized carbons (Fsp3) is 0.143. The summed E-state index contributed by atoms with van der Waals surface area (Å²) in [5, 5.41) is 2.59. The average molecular weight is 285 g/mol. The van der Waals surface area contributed by atoms with Crippen LogP contribution in [0.25, 0.3) is 16.5 Å². The van der Waals surface area contributed by atoms with Crippen molar-refractivity contribution >= 4 is 22.2 Å². The maximum Gasteiger partial charge on any atom is 0.0487 e. The van der Waals surface area contributed by atoms with Gasteiger partial charge in [-0.3, -0.25) is 0 Å². The molecule has 0 N–H and O–H groups in total. The molecule has 3 aromatic rings. The smallest absolute Gasteiger partial charge is 0.0487 e. The zero-order valence-corrected chi connectivity index (χ0v) is 12.8. The van der Waals surface area contributed by atoms with Crippen LogP contribution in [0.4, 0.5) is 5.69 Å². The van der Waals surface area contributed by atoms with Crippen LogP contribution in [0.5, 0.6) is 0 Å². The molecule has 0 amide bonds. The molecular formula is C21H19N. The lowest BCUT2D eigenvalue weighted by atomic mass is 9.93. The summed E-state index contributed by atoms with van der Waals surface area (Å²) in [5.74, 6) is 0. The molecule has 108 valence electrons. The third kappa shape index (κ3) is 2.10. The lowest BCUT2D eigenvalue weighted by molar-refractivity contribution is 0.963. The first-order valence-corrected chi connectivity index (χ1v) is 7.84. The van der Waals surface area contributed by atoms with E-state index in [2.05, 4.69) is 84.8 Å². The molecule has 0 unspecified atom stereocenters. The summed E-state index contributed by atoms with van der Waals surface area (Å²) in [4.78, 5) is 2.33. The maximum atomic E-state index is 2.37. The van der Waals surface area contributed by atoms with Gasteiger partial charge in [0.15, 0.2) is 0 Å². The largest absolute Gasteiger partial charge is 0.344 e. The third-order valence-corrected chi connectivity index (χ3v) is 4.53. The second-order valence-corrected chi connectivity index (χ2v) is 5.84. The number of anilines is 1. The molecular weight excluding hydrogens is 266 g/mol. The minimum absolute atomic E-state index is 1.11. The Hall–Kier alpha value is -2.54. The van der Waals surface area contributed by atoms with E-state index in [4.69, 9.17) is 0 Å². The van der Waals surface area contributed by atoms with Crippen LogP contribution in [0.2, 0.25) is 0 Å². The Morgan fingerprint density at radius 2 is 1.59 bits per heavy atom. The SMILES string of the molecule is CN(C1=CCCc2ccccc21)c1cccc2ccccc12. The Bertz CT molecular complexity index is 855. The number of nitrogens with zero attached hydrogens (tertiary/aromatic N) is 1. The molecule has 0 aromatic heterocycles. The molecule has 1 aliphatic rings. The van der Waals surface area contributed by atoms with Crippen LogP contribution >= 0.6 is 0 Å². The lowest BCUT2D eigenvalue weighted by Gasteiger charge is -2.28. The van der Waals surface area contributed by atoms with Gasteiger partial charge in [-0.15, -0.1) is 0 Å². The summed E-state index contributed by atoms with van der Waals surface area (Å²) >= 11 is 0. The van der Waals surface area contributed by atoms with Crippen molar-refractivity contribution in [1.29, 1.82) is 0 Å². The fourth-order valence-corrected chi connectivity index (χ4v) is 3.41. The van der Waals surface area contributed by atoms with Crippen LogP contribution in [0.1, 0.15) is 17.5 Å². The molecule has 0 saturated heterocycles. The van der Waals surface area contributed by atoms with Crippen molar-refractivity contribution in [3.63, 3.8) is 0 Å². The van der Waals surface area contributed by atoms with Gasteiger partial charge in [-0.05, 0) is 29.9 Å². The van der Waals surface area contributed by atoms with Crippen molar-refractivity contribution in [2.45, 2.75) is 12.8 Å². The average Bonchev–Trinajstić information content (AvgIpc) is 2.60. The quantitative estimate of drug-likeness (QED) is 0.620. The molecule has 0 aliphatic heterocycles. The standard InChI is InChI=1S/C21H19N/c1-22(20-14-6-10-16-8-2-4-12-18(16)20)21-15-7-11-17-9-3-5-13-19(17)21/h2-6,8-10,12-15H,7,11H2,1H3. The molecule has 1 heteroatoms. The van der Waals surface area contributed by atoms with E-state index in [-0.39, 0.29) is 0 Å². The monoisotopic (exact) mass is 285 g/mol. The molecule has 0 saturated carbocycles. The Balaban J connectivity index is 1.84. The predicted molar refractivity (Wildman–Crippen MR) is 95.1 cm³/mol. The van der Waals surface area contributed by atoms with Gasteiger partial charge in [0.25, 0.3) is 0 Å². The molecule has 1 aliphatic carbocycles. The molecule has 0 heterocycles. The van der Waals surface area contributed by atoms with Gasteiger partial charge >= 0.3 is 0 Å². The Labute approximate surface area is 131 Å². The van der Waals surface area contributed by atoms with Gasteiger partial charge in [0, 0.05) is 29.4 Å². The highest BCUT2D eigenvalue weighted by Gasteiger charge is 2.17. The minimum Gasteiger partial charge on any atom is -0.344 e. The maximum absolute atomic E-state index is 2.37. The van der Waals surface area contributed by atoms with Crippen molar-refractivity contribution in [2.75, 3.05) is 11.9 Å². The van der Waals surface area contributed by atoms with Gasteiger partial charge in [0.05, 0.1) is 0 Å². The number of benzene rings is 3. The highest BCUT2D eigenvalue weighted by atomic mass is 15.1. The Morgan fingerprint density at radius 3 is 2.55 bits per heavy atom. The predicted octanol–water partition coefficient (Wildman–Crippen LogP) is 5.26. The summed E-state index contributed by atoms with van der Waals surface area (Å²) in [6.45, 7) is 0. The molecule has 1 nitrogen and oxygen atoms in total. The van der Waals surface area contributed by atoms with E-state index in [0.29, 0.717) is 0 Å². The zero-order valence-electron chi connectivity index (χ0n) is 12.8. The van der Waals surface area contributed by atoms with Crippen LogP contribution < -0.4 is 4.90 Å². The third-order valence-electron chi connectivity index (χ3n) is 4.53. The van der Waals surface area contributed by atoms with E-state index in [0.717, 1.165) is 12.8 Å². The molecule has 0 atom stereocenters. The minimum atomic E-state index is 1.11. The van der Waals surface area contributed by atoms with Gasteiger partial charge in [-0.2, -0.15) is 0 Å². The zero-order chi connectivity index (χ0) is 14.9. The number of hydrogen-bond donors (Lipinski definition) is 0. The highest BCUT2D eigenvalue weighted by molar-refractivity contribution is 5.98. The van der Waals surface area contributed by atoms with E-state index in [1.165, 1.54) is 33.3 Å². The van der Waals surface area contributed by atoms with Crippen LogP contribution in [-0.4, -0.2) is 7.05 Å². The van der Waals surface area contributed by atoms with Crippen LogP contribution in [0.3, 0.4) is 0 Å². The molecule has 4 rings (SSSR count). The van der Waals surface area contributed by atoms with Crippen LogP contribution in [0, 0.1) is 0 Å². The van der Waals surface area contributed by atoms with E-state index in [1.807, 2.05) is 0 Å². The number of hydrogen-bond acceptors (Lipinski definition) is 1. The van der Waals surface area contributed by atoms with Gasteiger partial charge in [-0.25, -0.2) is 0 Å². The summed E-state index contributed by atoms with van der Waals surface area (Å²) in [6, 6.07) is 23.9. The van der Waals surface area contributed by atoms with Crippen molar-refractivity contribution < 1.29 is 0 Å². The molecule has 0 fully saturated rings. The first kappa shape index (κ1) is 13.1. The Kier molecular flexibility index (Phi) is 3.19. The second kappa shape index (κ2) is 5.34. The Morgan fingerprint density at radius 1 is 0.818 bits per heavy atom. The van der Waals surface area contributed by atoms with E-state index in [1.54, 1.807) is 0 Å². The number of rotatable bonds is 2. The van der Waals surface area contributed by atoms with Gasteiger partial charge < -0.3 is 4.90 Å². The first-order valence-electron chi connectivity index (χ1n) is 7.84. The summed E-state index contributed by atoms with van der Waals surface area (Å²) < 4.78 is 0. The second-order valence-electron chi connectivity index (χ2n) is 5.84. The van der Waals surface area contributed by atoms with E-state index in [9.17, 15) is 0 Å². The molecule has 0 spiro atoms. The van der Waals surface area contributed by atoms with E-state index < -0.39 is 0 Å². The fourth-order valence-electron chi connectivity index (χ4n) is 3.41. The molecule has 22 heavy (non-hydrogen) atoms. The van der Waals surface area contributed by atoms with Crippen LogP contribution in [0.15, 0.2) is 72.8 Å². The van der Waals surface area contributed by atoms with Crippen molar-refractivity contribution in [3.8, 4) is 0 Å². The normalized spacial score (nSPS) is 13.6. The van der Waals surface area contributed by atoms with Crippen LogP contribution in [-0.2, 0) is 6.42 Å². The topological polar surface area (TPSA) is 3.24 Å². The van der Waals surface area contributed by atoms with Crippen molar-refractivity contribution in [1.82, 2.24) is 0 Å². The summed E-state index contributed by atoms with van der Waals surface area (Å²) in [7, 11) is 2.18. The molecule has 0 bridgehead atoms. The number of allylic oxidation sites excluding steroid dienone is 1. The number of fused-ring (bicyclic) bond motifs is 2. The van der Waals surface area contributed by atoms with Gasteiger partial charge in [0.2, 0.25) is 0 Å². The molecule has 3 aromatic carbocycles. The van der Waals surface area contributed by atoms with E-state index >= 15 is 0 Å². The van der Waals surface area contributed by atoms with Crippen molar-refractivity contribution in [2.24, 2.45) is 0 Å². The molecule has 0 radical (unpaired) electrons. The number of aryl methyl sites for hydroxylation is 1. The lowest BCUT2D eigenvalue weighted by Crippen LogP contribution is -2.18. The van der Waals surface area contributed by atoms with Gasteiger partial charge in [-0.1, -0.05) is 66.7 Å². The summed E-state index contributed by atoms with van der Waals surface area (Å²) in [6.07, 6.45) is 4.62. The first-order chi connectivity index (χ1) is 10.8. The van der Waals surface area contributed by atoms with Crippen molar-refractivity contribution in [3.05, 3.63) is 83.9 Å². The van der Waals surface area contributed by atoms with Gasteiger partial charge in [0.1, 0.15) is 0 Å².